The van der Waals surface area contributed by atoms with Gasteiger partial charge in [-0.15, -0.1) is 0 Å². The lowest BCUT2D eigenvalue weighted by atomic mass is 10.1. The Balaban J connectivity index is 2.27. The molecule has 0 saturated heterocycles. The molecule has 0 bridgehead atoms. The van der Waals surface area contributed by atoms with E-state index in [-0.39, 0.29) is 64.0 Å². The number of aromatic nitrogens is 2. The fraction of sp³-hybridized carbons (Fsp3) is 0.571. The van der Waals surface area contributed by atoms with Crippen LogP contribution in [0.3, 0.4) is 0 Å². The molecule has 42 heavy (non-hydrogen) atoms. The predicted octanol–water partition coefficient (Wildman–Crippen LogP) is 1.30. The molecule has 0 spiro atoms. The second kappa shape index (κ2) is 18.2. The summed E-state index contributed by atoms with van der Waals surface area (Å²) in [5.74, 6) is -2.28. The Bertz CT molecular complexity index is 1070. The van der Waals surface area contributed by atoms with Crippen molar-refractivity contribution in [2.24, 2.45) is 0 Å². The summed E-state index contributed by atoms with van der Waals surface area (Å²) in [6.45, 7) is 4.70. The highest BCUT2D eigenvalue weighted by Crippen LogP contribution is 2.27. The van der Waals surface area contributed by atoms with Crippen molar-refractivity contribution in [3.63, 3.8) is 0 Å². The molecule has 0 fully saturated rings. The van der Waals surface area contributed by atoms with Gasteiger partial charge in [-0.25, -0.2) is 0 Å². The number of rotatable bonds is 21. The number of aromatic hydroxyl groups is 2. The molecule has 14 nitrogen and oxygen atoms in total. The van der Waals surface area contributed by atoms with Gasteiger partial charge in [-0.2, -0.15) is 0 Å². The Morgan fingerprint density at radius 3 is 1.43 bits per heavy atom. The maximum atomic E-state index is 11.7. The maximum Gasteiger partial charge on any atom is 0.317 e. The van der Waals surface area contributed by atoms with Crippen LogP contribution in [0.1, 0.15) is 33.6 Å². The SMILES string of the molecule is COCCOCc1cnc(C)c(O)c1CN(CCN(CC(=O)O)Cc1c(COCCOC)cnc(C)c1O)CC(=O)O. The van der Waals surface area contributed by atoms with Gasteiger partial charge in [-0.05, 0) is 13.8 Å². The van der Waals surface area contributed by atoms with Crippen molar-refractivity contribution in [3.8, 4) is 11.5 Å². The number of aliphatic carboxylic acids is 2. The third kappa shape index (κ3) is 11.5. The van der Waals surface area contributed by atoms with Crippen LogP contribution in [0.4, 0.5) is 0 Å². The van der Waals surface area contributed by atoms with E-state index in [0.717, 1.165) is 0 Å². The monoisotopic (exact) mass is 594 g/mol. The molecule has 2 aromatic rings. The van der Waals surface area contributed by atoms with E-state index >= 15 is 0 Å². The van der Waals surface area contributed by atoms with E-state index in [0.29, 0.717) is 60.1 Å². The van der Waals surface area contributed by atoms with Gasteiger partial charge in [0.1, 0.15) is 11.5 Å². The summed E-state index contributed by atoms with van der Waals surface area (Å²) < 4.78 is 21.2. The third-order valence-corrected chi connectivity index (χ3v) is 6.45. The van der Waals surface area contributed by atoms with E-state index in [1.54, 1.807) is 50.3 Å². The minimum absolute atomic E-state index is 0.0591. The minimum Gasteiger partial charge on any atom is -0.506 e. The maximum absolute atomic E-state index is 11.7. The zero-order valence-corrected chi connectivity index (χ0v) is 24.7. The largest absolute Gasteiger partial charge is 0.506 e. The first-order valence-electron chi connectivity index (χ1n) is 13.4. The molecular formula is C28H42N4O10. The lowest BCUT2D eigenvalue weighted by molar-refractivity contribution is -0.140. The van der Waals surface area contributed by atoms with Gasteiger partial charge in [0, 0.05) is 75.0 Å². The van der Waals surface area contributed by atoms with Crippen LogP contribution in [0, 0.1) is 13.8 Å². The van der Waals surface area contributed by atoms with E-state index < -0.39 is 11.9 Å². The van der Waals surface area contributed by atoms with Crippen LogP contribution in [-0.4, -0.2) is 119 Å². The summed E-state index contributed by atoms with van der Waals surface area (Å²) in [6, 6.07) is 0. The van der Waals surface area contributed by atoms with Gasteiger partial charge < -0.3 is 39.4 Å². The lowest BCUT2D eigenvalue weighted by Crippen LogP contribution is -2.39. The Hall–Kier alpha value is -3.40. The summed E-state index contributed by atoms with van der Waals surface area (Å²) in [7, 11) is 3.11. The van der Waals surface area contributed by atoms with Crippen molar-refractivity contribution in [2.45, 2.75) is 40.2 Å². The molecule has 0 aliphatic carbocycles. The highest BCUT2D eigenvalue weighted by Gasteiger charge is 2.22. The number of hydrogen-bond acceptors (Lipinski definition) is 12. The molecule has 0 saturated carbocycles. The Kier molecular flexibility index (Phi) is 15.1. The highest BCUT2D eigenvalue weighted by atomic mass is 16.5. The first-order chi connectivity index (χ1) is 20.1. The molecule has 0 radical (unpaired) electrons. The fourth-order valence-electron chi connectivity index (χ4n) is 4.16. The van der Waals surface area contributed by atoms with Crippen molar-refractivity contribution < 1.29 is 49.0 Å². The predicted molar refractivity (Wildman–Crippen MR) is 150 cm³/mol. The number of carbonyl (C=O) groups is 2. The van der Waals surface area contributed by atoms with Gasteiger partial charge >= 0.3 is 11.9 Å². The standard InChI is InChI=1S/C28H42N4O10/c1-19-27(37)23(21(11-29-19)17-41-9-7-39-3)13-31(15-25(33)34)5-6-32(16-26(35)36)14-24-22(18-42-10-8-40-4)12-30-20(2)28(24)38/h11-12,37-38H,5-10,13-18H2,1-4H3,(H,33,34)(H,35,36). The number of methoxy groups -OCH3 is 2. The lowest BCUT2D eigenvalue weighted by Gasteiger charge is -2.28. The van der Waals surface area contributed by atoms with Crippen LogP contribution in [-0.2, 0) is 54.8 Å². The summed E-state index contributed by atoms with van der Waals surface area (Å²) in [4.78, 5) is 35.1. The normalized spacial score (nSPS) is 11.5. The minimum atomic E-state index is -1.08. The third-order valence-electron chi connectivity index (χ3n) is 6.45. The topological polar surface area (TPSA) is 184 Å². The van der Waals surface area contributed by atoms with Crippen LogP contribution < -0.4 is 0 Å². The molecule has 0 aliphatic rings. The van der Waals surface area contributed by atoms with Gasteiger partial charge in [0.15, 0.2) is 0 Å². The van der Waals surface area contributed by atoms with E-state index in [1.165, 1.54) is 0 Å². The molecule has 234 valence electrons. The molecule has 0 amide bonds. The van der Waals surface area contributed by atoms with Crippen LogP contribution in [0.25, 0.3) is 0 Å². The molecule has 14 heteroatoms. The molecule has 0 unspecified atom stereocenters. The van der Waals surface area contributed by atoms with Crippen molar-refractivity contribution >= 4 is 11.9 Å². The second-order valence-corrected chi connectivity index (χ2v) is 9.69. The molecule has 0 atom stereocenters. The Morgan fingerprint density at radius 2 is 1.10 bits per heavy atom. The van der Waals surface area contributed by atoms with Gasteiger partial charge in [-0.3, -0.25) is 29.4 Å². The number of hydrogen-bond donors (Lipinski definition) is 4. The molecule has 2 aromatic heterocycles. The molecular weight excluding hydrogens is 552 g/mol. The Morgan fingerprint density at radius 1 is 0.714 bits per heavy atom. The van der Waals surface area contributed by atoms with Crippen molar-refractivity contribution in [2.75, 3.05) is 66.8 Å². The first kappa shape index (κ1) is 34.8. The number of carboxylic acid groups (broad SMARTS) is 2. The van der Waals surface area contributed by atoms with Crippen LogP contribution in [0.2, 0.25) is 0 Å². The van der Waals surface area contributed by atoms with Crippen molar-refractivity contribution in [1.82, 2.24) is 19.8 Å². The van der Waals surface area contributed by atoms with Crippen LogP contribution >= 0.6 is 0 Å². The summed E-state index contributed by atoms with van der Waals surface area (Å²) >= 11 is 0. The van der Waals surface area contributed by atoms with Crippen molar-refractivity contribution in [3.05, 3.63) is 46.0 Å². The molecule has 2 heterocycles. The molecule has 2 rings (SSSR count). The number of carboxylic acids is 2. The highest BCUT2D eigenvalue weighted by molar-refractivity contribution is 5.69. The van der Waals surface area contributed by atoms with E-state index in [1.807, 2.05) is 0 Å². The number of nitrogens with zero attached hydrogens (tertiary/aromatic N) is 4. The molecule has 0 aliphatic heterocycles. The van der Waals surface area contributed by atoms with E-state index in [9.17, 15) is 30.0 Å². The fourth-order valence-corrected chi connectivity index (χ4v) is 4.16. The quantitative estimate of drug-likeness (QED) is 0.152. The number of pyridine rings is 2. The van der Waals surface area contributed by atoms with Gasteiger partial charge in [0.2, 0.25) is 0 Å². The van der Waals surface area contributed by atoms with Gasteiger partial charge in [-0.1, -0.05) is 0 Å². The van der Waals surface area contributed by atoms with E-state index in [2.05, 4.69) is 9.97 Å². The average molecular weight is 595 g/mol. The number of ether oxygens (including phenoxy) is 4. The molecule has 4 N–H and O–H groups in total. The van der Waals surface area contributed by atoms with Gasteiger partial charge in [0.25, 0.3) is 0 Å². The second-order valence-electron chi connectivity index (χ2n) is 9.69. The smallest absolute Gasteiger partial charge is 0.317 e. The zero-order valence-electron chi connectivity index (χ0n) is 24.7. The van der Waals surface area contributed by atoms with Crippen LogP contribution in [0.15, 0.2) is 12.4 Å². The summed E-state index contributed by atoms with van der Waals surface area (Å²) in [6.07, 6.45) is 3.16. The number of aryl methyl sites for hydroxylation is 2. The van der Waals surface area contributed by atoms with E-state index in [4.69, 9.17) is 18.9 Å². The molecule has 0 aromatic carbocycles. The van der Waals surface area contributed by atoms with Crippen LogP contribution in [0.5, 0.6) is 11.5 Å². The van der Waals surface area contributed by atoms with Crippen molar-refractivity contribution in [1.29, 1.82) is 0 Å². The first-order valence-corrected chi connectivity index (χ1v) is 13.4. The average Bonchev–Trinajstić information content (AvgIpc) is 2.94. The summed E-state index contributed by atoms with van der Waals surface area (Å²) in [5, 5.41) is 40.8. The summed E-state index contributed by atoms with van der Waals surface area (Å²) in [5.41, 5.74) is 2.92. The Labute approximate surface area is 245 Å². The van der Waals surface area contributed by atoms with Gasteiger partial charge in [0.05, 0.1) is 64.1 Å². The zero-order chi connectivity index (χ0) is 31.1.